The monoisotopic (exact) mass is 413 g/mol. The molecule has 29 heavy (non-hydrogen) atoms. The number of carbonyl (C=O) groups excluding carboxylic acids is 3. The quantitative estimate of drug-likeness (QED) is 0.472. The standard InChI is InChI=1S/C19H35N5O5/c1-4-28-13-14-29-19(27)24(15-17(25)22-9-5-20(2)6-10-22)16-18(26)23-11-7-21(3)8-12-23/h4-16H2,1-3H3. The Balaban J connectivity index is 1.93. The van der Waals surface area contributed by atoms with Crippen LogP contribution in [-0.2, 0) is 19.1 Å². The van der Waals surface area contributed by atoms with Gasteiger partial charge in [0.2, 0.25) is 11.8 Å². The molecular formula is C19H35N5O5. The number of amides is 3. The first-order valence-corrected chi connectivity index (χ1v) is 10.3. The number of nitrogens with zero attached hydrogens (tertiary/aromatic N) is 5. The number of piperazine rings is 2. The Hall–Kier alpha value is -1.91. The minimum absolute atomic E-state index is 0.0918. The Morgan fingerprint density at radius 3 is 1.62 bits per heavy atom. The van der Waals surface area contributed by atoms with Crippen LogP contribution in [0.1, 0.15) is 6.92 Å². The van der Waals surface area contributed by atoms with E-state index in [1.807, 2.05) is 21.0 Å². The Labute approximate surface area is 173 Å². The van der Waals surface area contributed by atoms with Crippen molar-refractivity contribution < 1.29 is 23.9 Å². The first-order chi connectivity index (χ1) is 13.9. The summed E-state index contributed by atoms with van der Waals surface area (Å²) in [6, 6.07) is 0. The molecule has 0 unspecified atom stereocenters. The van der Waals surface area contributed by atoms with E-state index in [1.165, 1.54) is 4.90 Å². The summed E-state index contributed by atoms with van der Waals surface area (Å²) >= 11 is 0. The van der Waals surface area contributed by atoms with E-state index in [2.05, 4.69) is 9.80 Å². The van der Waals surface area contributed by atoms with E-state index >= 15 is 0 Å². The van der Waals surface area contributed by atoms with Gasteiger partial charge in [-0.3, -0.25) is 14.5 Å². The Morgan fingerprint density at radius 2 is 1.21 bits per heavy atom. The molecule has 0 radical (unpaired) electrons. The van der Waals surface area contributed by atoms with Crippen molar-refractivity contribution in [1.82, 2.24) is 24.5 Å². The summed E-state index contributed by atoms with van der Waals surface area (Å²) in [5, 5.41) is 0. The van der Waals surface area contributed by atoms with Crippen LogP contribution >= 0.6 is 0 Å². The average Bonchev–Trinajstić information content (AvgIpc) is 2.71. The van der Waals surface area contributed by atoms with Crippen molar-refractivity contribution in [3.05, 3.63) is 0 Å². The van der Waals surface area contributed by atoms with Crippen LogP contribution in [0.25, 0.3) is 0 Å². The fourth-order valence-electron chi connectivity index (χ4n) is 3.25. The zero-order chi connectivity index (χ0) is 21.2. The van der Waals surface area contributed by atoms with Gasteiger partial charge in [0.15, 0.2) is 0 Å². The van der Waals surface area contributed by atoms with Crippen molar-refractivity contribution in [3.63, 3.8) is 0 Å². The molecule has 2 saturated heterocycles. The van der Waals surface area contributed by atoms with Crippen molar-refractivity contribution in [2.45, 2.75) is 6.92 Å². The fraction of sp³-hybridized carbons (Fsp3) is 0.842. The summed E-state index contributed by atoms with van der Waals surface area (Å²) in [6.45, 7) is 8.12. The van der Waals surface area contributed by atoms with Crippen LogP contribution in [0, 0.1) is 0 Å². The zero-order valence-corrected chi connectivity index (χ0v) is 18.0. The van der Waals surface area contributed by atoms with Crippen LogP contribution in [0.4, 0.5) is 4.79 Å². The van der Waals surface area contributed by atoms with E-state index in [0.29, 0.717) is 32.8 Å². The number of ether oxygens (including phenoxy) is 2. The van der Waals surface area contributed by atoms with Crippen molar-refractivity contribution in [2.24, 2.45) is 0 Å². The smallest absolute Gasteiger partial charge is 0.410 e. The molecule has 0 aromatic rings. The molecule has 0 N–H and O–H groups in total. The van der Waals surface area contributed by atoms with Gasteiger partial charge in [0.25, 0.3) is 0 Å². The third kappa shape index (κ3) is 7.79. The van der Waals surface area contributed by atoms with Crippen LogP contribution in [-0.4, -0.2) is 142 Å². The Bertz CT molecular complexity index is 509. The van der Waals surface area contributed by atoms with Gasteiger partial charge in [-0.1, -0.05) is 0 Å². The Kier molecular flexibility index (Phi) is 9.62. The number of rotatable bonds is 8. The molecule has 0 saturated carbocycles. The van der Waals surface area contributed by atoms with Crippen LogP contribution in [0.5, 0.6) is 0 Å². The number of hydrogen-bond donors (Lipinski definition) is 0. The summed E-state index contributed by atoms with van der Waals surface area (Å²) in [7, 11) is 4.02. The fourth-order valence-corrected chi connectivity index (χ4v) is 3.25. The first-order valence-electron chi connectivity index (χ1n) is 10.3. The summed E-state index contributed by atoms with van der Waals surface area (Å²) in [5.74, 6) is -0.322. The van der Waals surface area contributed by atoms with Gasteiger partial charge in [-0.05, 0) is 21.0 Å². The predicted molar refractivity (Wildman–Crippen MR) is 108 cm³/mol. The van der Waals surface area contributed by atoms with Crippen LogP contribution in [0.3, 0.4) is 0 Å². The molecule has 166 valence electrons. The van der Waals surface area contributed by atoms with Gasteiger partial charge in [0.1, 0.15) is 19.7 Å². The van der Waals surface area contributed by atoms with Crippen LogP contribution < -0.4 is 0 Å². The van der Waals surface area contributed by atoms with Crippen LogP contribution in [0.15, 0.2) is 0 Å². The van der Waals surface area contributed by atoms with Crippen molar-refractivity contribution >= 4 is 17.9 Å². The van der Waals surface area contributed by atoms with Crippen LogP contribution in [0.2, 0.25) is 0 Å². The number of hydrogen-bond acceptors (Lipinski definition) is 7. The van der Waals surface area contributed by atoms with Gasteiger partial charge < -0.3 is 29.1 Å². The van der Waals surface area contributed by atoms with Crippen molar-refractivity contribution in [3.8, 4) is 0 Å². The lowest BCUT2D eigenvalue weighted by molar-refractivity contribution is -0.136. The van der Waals surface area contributed by atoms with E-state index in [1.54, 1.807) is 9.80 Å². The van der Waals surface area contributed by atoms with Crippen molar-refractivity contribution in [1.29, 1.82) is 0 Å². The number of likely N-dealkylation sites (N-methyl/N-ethyl adjacent to an activating group) is 2. The van der Waals surface area contributed by atoms with Gasteiger partial charge in [0.05, 0.1) is 6.61 Å². The summed E-state index contributed by atoms with van der Waals surface area (Å²) in [4.78, 5) is 46.9. The lowest BCUT2D eigenvalue weighted by atomic mass is 10.3. The molecule has 2 rings (SSSR count). The van der Waals surface area contributed by atoms with E-state index in [0.717, 1.165) is 26.2 Å². The molecule has 0 atom stereocenters. The summed E-state index contributed by atoms with van der Waals surface area (Å²) < 4.78 is 10.4. The second-order valence-electron chi connectivity index (χ2n) is 7.54. The second kappa shape index (κ2) is 11.9. The van der Waals surface area contributed by atoms with E-state index in [4.69, 9.17) is 9.47 Å². The molecule has 0 spiro atoms. The molecule has 0 bridgehead atoms. The van der Waals surface area contributed by atoms with E-state index in [-0.39, 0.29) is 38.1 Å². The zero-order valence-electron chi connectivity index (χ0n) is 18.0. The van der Waals surface area contributed by atoms with E-state index in [9.17, 15) is 14.4 Å². The highest BCUT2D eigenvalue weighted by molar-refractivity contribution is 5.87. The first kappa shape index (κ1) is 23.4. The lowest BCUT2D eigenvalue weighted by Gasteiger charge is -2.35. The molecule has 10 nitrogen and oxygen atoms in total. The van der Waals surface area contributed by atoms with Gasteiger partial charge in [-0.2, -0.15) is 0 Å². The molecule has 2 fully saturated rings. The predicted octanol–water partition coefficient (Wildman–Crippen LogP) is -0.990. The highest BCUT2D eigenvalue weighted by atomic mass is 16.6. The molecule has 2 aliphatic rings. The highest BCUT2D eigenvalue weighted by Gasteiger charge is 2.28. The summed E-state index contributed by atoms with van der Waals surface area (Å²) in [6.07, 6.45) is -0.658. The topological polar surface area (TPSA) is 85.9 Å². The van der Waals surface area contributed by atoms with Crippen molar-refractivity contribution in [2.75, 3.05) is 99.4 Å². The molecule has 10 heteroatoms. The maximum absolute atomic E-state index is 12.7. The minimum atomic E-state index is -0.658. The largest absolute Gasteiger partial charge is 0.447 e. The minimum Gasteiger partial charge on any atom is -0.447 e. The van der Waals surface area contributed by atoms with Gasteiger partial charge in [-0.25, -0.2) is 4.79 Å². The maximum Gasteiger partial charge on any atom is 0.410 e. The SMILES string of the molecule is CCOCCOC(=O)N(CC(=O)N1CCN(C)CC1)CC(=O)N1CCN(C)CC1. The molecule has 3 amide bonds. The van der Waals surface area contributed by atoms with Gasteiger partial charge in [0, 0.05) is 59.0 Å². The van der Waals surface area contributed by atoms with E-state index < -0.39 is 6.09 Å². The highest BCUT2D eigenvalue weighted by Crippen LogP contribution is 2.06. The van der Waals surface area contributed by atoms with Gasteiger partial charge in [-0.15, -0.1) is 0 Å². The number of carbonyl (C=O) groups is 3. The average molecular weight is 414 g/mol. The molecule has 2 aliphatic heterocycles. The lowest BCUT2D eigenvalue weighted by Crippen LogP contribution is -2.54. The molecule has 0 aliphatic carbocycles. The molecule has 0 aromatic heterocycles. The third-order valence-electron chi connectivity index (χ3n) is 5.28. The normalized spacial score (nSPS) is 18.6. The maximum atomic E-state index is 12.7. The molecule has 0 aromatic carbocycles. The third-order valence-corrected chi connectivity index (χ3v) is 5.28. The molecular weight excluding hydrogens is 378 g/mol. The molecule has 2 heterocycles. The Morgan fingerprint density at radius 1 is 0.759 bits per heavy atom. The second-order valence-corrected chi connectivity index (χ2v) is 7.54. The summed E-state index contributed by atoms with van der Waals surface area (Å²) in [5.41, 5.74) is 0. The van der Waals surface area contributed by atoms with Gasteiger partial charge >= 0.3 is 6.09 Å².